The van der Waals surface area contributed by atoms with E-state index in [0.717, 1.165) is 59.1 Å². The molecular weight excluding hydrogens is 470 g/mol. The van der Waals surface area contributed by atoms with Gasteiger partial charge in [-0.25, -0.2) is 14.3 Å². The van der Waals surface area contributed by atoms with E-state index < -0.39 is 10.8 Å². The van der Waals surface area contributed by atoms with Crippen LogP contribution in [-0.2, 0) is 17.9 Å². The Hall–Kier alpha value is -1.43. The number of unbranched alkanes of at least 4 members (excludes halogenated alkanes) is 1. The van der Waals surface area contributed by atoms with Gasteiger partial charge in [-0.2, -0.15) is 0 Å². The molecule has 0 spiro atoms. The summed E-state index contributed by atoms with van der Waals surface area (Å²) in [6, 6.07) is 6.00. The van der Waals surface area contributed by atoms with E-state index in [-0.39, 0.29) is 0 Å². The Morgan fingerprint density at radius 2 is 2.03 bits per heavy atom. The third-order valence-corrected chi connectivity index (χ3v) is 7.98. The molecule has 4 N–H and O–H groups in total. The molecule has 0 bridgehead atoms. The molecule has 0 atom stereocenters. The van der Waals surface area contributed by atoms with Gasteiger partial charge in [-0.3, -0.25) is 9.11 Å². The van der Waals surface area contributed by atoms with Crippen molar-refractivity contribution in [2.75, 3.05) is 31.2 Å². The Balaban J connectivity index is 1.63. The first kappa shape index (κ1) is 21.8. The van der Waals surface area contributed by atoms with Crippen LogP contribution in [0.5, 0.6) is 0 Å². The lowest BCUT2D eigenvalue weighted by atomic mass is 10.2. The lowest BCUT2D eigenvalue weighted by Gasteiger charge is -2.36. The van der Waals surface area contributed by atoms with Crippen molar-refractivity contribution < 1.29 is 13.8 Å². The Kier molecular flexibility index (Phi) is 6.52. The summed E-state index contributed by atoms with van der Waals surface area (Å²) in [6.45, 7) is 5.18. The Labute approximate surface area is 186 Å². The summed E-state index contributed by atoms with van der Waals surface area (Å²) >= 11 is 3.50. The summed E-state index contributed by atoms with van der Waals surface area (Å²) < 4.78 is 30.8. The van der Waals surface area contributed by atoms with Crippen LogP contribution in [0.3, 0.4) is 0 Å². The number of imidazole rings is 1. The van der Waals surface area contributed by atoms with Gasteiger partial charge in [-0.05, 0) is 44.4 Å². The highest BCUT2D eigenvalue weighted by atomic mass is 79.9. The van der Waals surface area contributed by atoms with Crippen LogP contribution in [0.1, 0.15) is 32.0 Å². The van der Waals surface area contributed by atoms with Gasteiger partial charge in [0.05, 0.1) is 16.8 Å². The normalized spacial score (nSPS) is 17.9. The fraction of sp³-hybridized carbons (Fsp3) is 0.500. The number of nitrogens with zero attached hydrogens (tertiary/aromatic N) is 4. The predicted molar refractivity (Wildman–Crippen MR) is 126 cm³/mol. The van der Waals surface area contributed by atoms with E-state index in [2.05, 4.69) is 25.5 Å². The van der Waals surface area contributed by atoms with Crippen molar-refractivity contribution in [3.05, 3.63) is 28.5 Å². The highest BCUT2D eigenvalue weighted by molar-refractivity contribution is 9.10. The molecule has 8 nitrogen and oxygen atoms in total. The van der Waals surface area contributed by atoms with E-state index >= 15 is 0 Å². The van der Waals surface area contributed by atoms with Crippen LogP contribution in [0, 0.1) is 0 Å². The monoisotopic (exact) mass is 497 g/mol. The Morgan fingerprint density at radius 1 is 1.23 bits per heavy atom. The molecule has 0 saturated carbocycles. The van der Waals surface area contributed by atoms with E-state index in [4.69, 9.17) is 15.5 Å². The first-order chi connectivity index (χ1) is 14.4. The maximum absolute atomic E-state index is 10.1. The van der Waals surface area contributed by atoms with Gasteiger partial charge in [-0.15, -0.1) is 10.8 Å². The van der Waals surface area contributed by atoms with Crippen LogP contribution in [-0.4, -0.2) is 53.4 Å². The van der Waals surface area contributed by atoms with Crippen molar-refractivity contribution in [3.63, 3.8) is 0 Å². The van der Waals surface area contributed by atoms with Crippen LogP contribution in [0.25, 0.3) is 21.9 Å². The number of hydrogen-bond acceptors (Lipinski definition) is 7. The van der Waals surface area contributed by atoms with Gasteiger partial charge in [0.1, 0.15) is 17.9 Å². The van der Waals surface area contributed by atoms with Gasteiger partial charge < -0.3 is 15.0 Å². The number of hydrogen-bond donors (Lipinski definition) is 3. The molecule has 0 amide bonds. The molecule has 3 aromatic rings. The molecule has 164 valence electrons. The van der Waals surface area contributed by atoms with Crippen molar-refractivity contribution in [2.45, 2.75) is 39.3 Å². The molecule has 0 unspecified atom stereocenters. The quantitative estimate of drug-likeness (QED) is 0.389. The van der Waals surface area contributed by atoms with Crippen molar-refractivity contribution in [1.29, 1.82) is 0 Å². The molecule has 2 aromatic heterocycles. The molecule has 1 fully saturated rings. The third-order valence-electron chi connectivity index (χ3n) is 5.46. The number of anilines is 1. The number of fused-ring (bicyclic) bond motifs is 3. The lowest BCUT2D eigenvalue weighted by molar-refractivity contribution is 0.126. The second-order valence-electron chi connectivity index (χ2n) is 7.50. The molecule has 4 rings (SSSR count). The summed E-state index contributed by atoms with van der Waals surface area (Å²) in [7, 11) is -2.55. The minimum Gasteiger partial charge on any atom is -0.382 e. The molecular formula is C20H28BrN5O3S. The van der Waals surface area contributed by atoms with E-state index in [0.29, 0.717) is 36.8 Å². The number of benzene rings is 1. The molecule has 30 heavy (non-hydrogen) atoms. The zero-order chi connectivity index (χ0) is 21.3. The van der Waals surface area contributed by atoms with Crippen LogP contribution in [0.15, 0.2) is 22.7 Å². The van der Waals surface area contributed by atoms with Gasteiger partial charge in [0.25, 0.3) is 0 Å². The number of nitrogen functional groups attached to an aromatic ring is 1. The van der Waals surface area contributed by atoms with Gasteiger partial charge in [0, 0.05) is 36.1 Å². The van der Waals surface area contributed by atoms with Gasteiger partial charge >= 0.3 is 0 Å². The summed E-state index contributed by atoms with van der Waals surface area (Å²) in [5.41, 5.74) is 8.75. The maximum atomic E-state index is 10.1. The fourth-order valence-electron chi connectivity index (χ4n) is 4.00. The topological polar surface area (TPSA) is 110 Å². The van der Waals surface area contributed by atoms with Crippen LogP contribution >= 0.6 is 26.7 Å². The smallest absolute Gasteiger partial charge is 0.152 e. The van der Waals surface area contributed by atoms with E-state index in [1.165, 1.54) is 0 Å². The minimum absolute atomic E-state index is 0.412. The van der Waals surface area contributed by atoms with E-state index in [1.54, 1.807) is 0 Å². The molecule has 1 aliphatic rings. The number of rotatable bonds is 8. The lowest BCUT2D eigenvalue weighted by Crippen LogP contribution is -2.24. The van der Waals surface area contributed by atoms with Crippen LogP contribution in [0.2, 0.25) is 0 Å². The average Bonchev–Trinajstić information content (AvgIpc) is 3.23. The van der Waals surface area contributed by atoms with Crippen molar-refractivity contribution in [2.24, 2.45) is 0 Å². The van der Waals surface area contributed by atoms with Crippen molar-refractivity contribution in [1.82, 2.24) is 18.8 Å². The standard InChI is InChI=1S/C20H28BrN5O3S/c1-2-29-13-17-24-18-19(15-7-6-14(21)12-16(15)23-20(18)22)26(17)10-4-3-8-25-9-5-11-30(25,27)28/h6-7,12,27-28H,2-5,8-11,13H2,1H3,(H2,22,23). The van der Waals surface area contributed by atoms with E-state index in [9.17, 15) is 9.11 Å². The average molecular weight is 498 g/mol. The first-order valence-electron chi connectivity index (χ1n) is 10.2. The predicted octanol–water partition coefficient (Wildman–Crippen LogP) is 4.62. The number of nitrogens with two attached hydrogens (primary N) is 1. The number of aryl methyl sites for hydroxylation is 1. The van der Waals surface area contributed by atoms with Crippen molar-refractivity contribution in [3.8, 4) is 0 Å². The summed E-state index contributed by atoms with van der Waals surface area (Å²) in [4.78, 5) is 9.29. The number of pyridine rings is 1. The van der Waals surface area contributed by atoms with Crippen molar-refractivity contribution >= 4 is 54.5 Å². The highest BCUT2D eigenvalue weighted by Gasteiger charge is 2.28. The Morgan fingerprint density at radius 3 is 2.77 bits per heavy atom. The van der Waals surface area contributed by atoms with Crippen LogP contribution in [0.4, 0.5) is 5.82 Å². The number of halogens is 1. The van der Waals surface area contributed by atoms with Gasteiger partial charge in [0.2, 0.25) is 0 Å². The minimum atomic E-state index is -2.55. The molecule has 0 radical (unpaired) electrons. The van der Waals surface area contributed by atoms with Gasteiger partial charge in [0.15, 0.2) is 5.82 Å². The SMILES string of the molecule is CCOCc1nc2c(N)nc3cc(Br)ccc3c2n1CCCCN1CCCS1(O)O. The first-order valence-corrected chi connectivity index (χ1v) is 12.7. The number of aromatic nitrogens is 3. The summed E-state index contributed by atoms with van der Waals surface area (Å²) in [5, 5.41) is 1.01. The van der Waals surface area contributed by atoms with Gasteiger partial charge in [-0.1, -0.05) is 15.9 Å². The maximum Gasteiger partial charge on any atom is 0.152 e. The molecule has 1 aliphatic heterocycles. The van der Waals surface area contributed by atoms with Crippen LogP contribution < -0.4 is 5.73 Å². The third kappa shape index (κ3) is 4.30. The Bertz CT molecular complexity index is 1060. The second-order valence-corrected chi connectivity index (χ2v) is 10.6. The fourth-order valence-corrected chi connectivity index (χ4v) is 5.97. The zero-order valence-corrected chi connectivity index (χ0v) is 19.5. The largest absolute Gasteiger partial charge is 0.382 e. The summed E-state index contributed by atoms with van der Waals surface area (Å²) in [6.07, 6.45) is 2.60. The summed E-state index contributed by atoms with van der Waals surface area (Å²) in [5.74, 6) is 1.74. The molecule has 0 aliphatic carbocycles. The highest BCUT2D eigenvalue weighted by Crippen LogP contribution is 2.48. The molecule has 1 aromatic carbocycles. The number of ether oxygens (including phenoxy) is 1. The molecule has 1 saturated heterocycles. The second kappa shape index (κ2) is 8.97. The van der Waals surface area contributed by atoms with E-state index in [1.807, 2.05) is 29.4 Å². The zero-order valence-electron chi connectivity index (χ0n) is 17.1. The molecule has 3 heterocycles. The molecule has 10 heteroatoms.